The largest absolute Gasteiger partial charge is 0.464 e. The van der Waals surface area contributed by atoms with Crippen LogP contribution in [0.3, 0.4) is 0 Å². The van der Waals surface area contributed by atoms with Gasteiger partial charge in [-0.3, -0.25) is 4.79 Å². The standard InChI is InChI=1S/C17H12O3/c18-12-14(13-6-2-1-3-7-13)17(15-8-4-10-19-15)16-9-5-11-20-16/h1-12H. The number of aldehydes is 1. The Labute approximate surface area is 116 Å². The predicted octanol–water partition coefficient (Wildman–Crippen LogP) is 4.03. The molecule has 20 heavy (non-hydrogen) atoms. The molecule has 2 aromatic heterocycles. The first-order chi connectivity index (χ1) is 9.90. The summed E-state index contributed by atoms with van der Waals surface area (Å²) < 4.78 is 10.9. The Morgan fingerprint density at radius 3 is 1.85 bits per heavy atom. The molecule has 0 unspecified atom stereocenters. The van der Waals surface area contributed by atoms with Crippen molar-refractivity contribution in [3.8, 4) is 0 Å². The molecule has 0 fully saturated rings. The first-order valence-electron chi connectivity index (χ1n) is 6.23. The van der Waals surface area contributed by atoms with E-state index < -0.39 is 0 Å². The Kier molecular flexibility index (Phi) is 3.33. The average molecular weight is 264 g/mol. The molecule has 0 aliphatic heterocycles. The van der Waals surface area contributed by atoms with Crippen LogP contribution in [-0.4, -0.2) is 6.29 Å². The minimum Gasteiger partial charge on any atom is -0.464 e. The first-order valence-corrected chi connectivity index (χ1v) is 6.23. The van der Waals surface area contributed by atoms with Gasteiger partial charge in [-0.05, 0) is 29.8 Å². The van der Waals surface area contributed by atoms with E-state index in [4.69, 9.17) is 8.83 Å². The van der Waals surface area contributed by atoms with Gasteiger partial charge in [0.1, 0.15) is 11.5 Å². The maximum absolute atomic E-state index is 11.6. The van der Waals surface area contributed by atoms with Crippen LogP contribution in [0.5, 0.6) is 0 Å². The molecule has 0 saturated heterocycles. The second-order valence-electron chi connectivity index (χ2n) is 4.23. The molecule has 3 heteroatoms. The summed E-state index contributed by atoms with van der Waals surface area (Å²) in [5.41, 5.74) is 2.02. The van der Waals surface area contributed by atoms with Crippen LogP contribution in [-0.2, 0) is 4.79 Å². The van der Waals surface area contributed by atoms with E-state index in [0.29, 0.717) is 22.7 Å². The molecule has 0 radical (unpaired) electrons. The van der Waals surface area contributed by atoms with Gasteiger partial charge < -0.3 is 8.83 Å². The maximum atomic E-state index is 11.6. The third kappa shape index (κ3) is 2.21. The third-order valence-corrected chi connectivity index (χ3v) is 3.01. The highest BCUT2D eigenvalue weighted by Crippen LogP contribution is 2.31. The van der Waals surface area contributed by atoms with E-state index >= 15 is 0 Å². The second-order valence-corrected chi connectivity index (χ2v) is 4.23. The number of hydrogen-bond donors (Lipinski definition) is 0. The van der Waals surface area contributed by atoms with Gasteiger partial charge in [-0.2, -0.15) is 0 Å². The van der Waals surface area contributed by atoms with Crippen molar-refractivity contribution < 1.29 is 13.6 Å². The topological polar surface area (TPSA) is 43.4 Å². The van der Waals surface area contributed by atoms with E-state index in [1.54, 1.807) is 24.7 Å². The molecular formula is C17H12O3. The summed E-state index contributed by atoms with van der Waals surface area (Å²) in [5.74, 6) is 1.21. The molecule has 98 valence electrons. The summed E-state index contributed by atoms with van der Waals surface area (Å²) in [4.78, 5) is 11.6. The lowest BCUT2D eigenvalue weighted by atomic mass is 9.97. The lowest BCUT2D eigenvalue weighted by Crippen LogP contribution is -1.94. The van der Waals surface area contributed by atoms with E-state index in [-0.39, 0.29) is 0 Å². The molecule has 0 atom stereocenters. The zero-order chi connectivity index (χ0) is 13.8. The van der Waals surface area contributed by atoms with E-state index in [0.717, 1.165) is 11.8 Å². The first kappa shape index (κ1) is 12.2. The molecule has 0 aliphatic rings. The number of allylic oxidation sites excluding steroid dienone is 1. The molecule has 1 aromatic carbocycles. The van der Waals surface area contributed by atoms with E-state index in [1.807, 2.05) is 42.5 Å². The normalized spacial score (nSPS) is 10.2. The summed E-state index contributed by atoms with van der Waals surface area (Å²) in [5, 5.41) is 0. The fraction of sp³-hybridized carbons (Fsp3) is 0. The van der Waals surface area contributed by atoms with Crippen molar-refractivity contribution in [2.45, 2.75) is 0 Å². The van der Waals surface area contributed by atoms with Gasteiger partial charge in [0.2, 0.25) is 0 Å². The van der Waals surface area contributed by atoms with Crippen molar-refractivity contribution in [3.05, 3.63) is 84.2 Å². The molecule has 0 bridgehead atoms. The van der Waals surface area contributed by atoms with E-state index in [1.165, 1.54) is 0 Å². The molecule has 2 heterocycles. The average Bonchev–Trinajstić information content (AvgIpc) is 3.19. The highest BCUT2D eigenvalue weighted by Gasteiger charge is 2.17. The summed E-state index contributed by atoms with van der Waals surface area (Å²) in [6.07, 6.45) is 3.98. The van der Waals surface area contributed by atoms with E-state index in [2.05, 4.69) is 0 Å². The van der Waals surface area contributed by atoms with Gasteiger partial charge >= 0.3 is 0 Å². The Hall–Kier alpha value is -2.81. The van der Waals surface area contributed by atoms with Crippen LogP contribution in [0.15, 0.2) is 76.0 Å². The Morgan fingerprint density at radius 2 is 1.40 bits per heavy atom. The smallest absolute Gasteiger partial charge is 0.151 e. The molecule has 0 aliphatic carbocycles. The Balaban J connectivity index is 2.26. The van der Waals surface area contributed by atoms with Crippen molar-refractivity contribution in [2.75, 3.05) is 0 Å². The molecule has 0 spiro atoms. The number of hydrogen-bond acceptors (Lipinski definition) is 3. The molecule has 3 aromatic rings. The lowest BCUT2D eigenvalue weighted by molar-refractivity contribution is -0.103. The van der Waals surface area contributed by atoms with Gasteiger partial charge in [-0.25, -0.2) is 0 Å². The van der Waals surface area contributed by atoms with Crippen LogP contribution in [0.1, 0.15) is 17.1 Å². The van der Waals surface area contributed by atoms with Gasteiger partial charge in [0.05, 0.1) is 18.1 Å². The fourth-order valence-corrected chi connectivity index (χ4v) is 2.12. The van der Waals surface area contributed by atoms with Crippen LogP contribution < -0.4 is 0 Å². The van der Waals surface area contributed by atoms with Crippen molar-refractivity contribution in [2.24, 2.45) is 0 Å². The van der Waals surface area contributed by atoms with Gasteiger partial charge in [0.15, 0.2) is 6.29 Å². The molecule has 3 rings (SSSR count). The number of rotatable bonds is 4. The van der Waals surface area contributed by atoms with Crippen LogP contribution in [0.25, 0.3) is 11.1 Å². The fourth-order valence-electron chi connectivity index (χ4n) is 2.12. The zero-order valence-corrected chi connectivity index (χ0v) is 10.7. The van der Waals surface area contributed by atoms with Crippen molar-refractivity contribution in [1.29, 1.82) is 0 Å². The number of benzene rings is 1. The van der Waals surface area contributed by atoms with E-state index in [9.17, 15) is 4.79 Å². The summed E-state index contributed by atoms with van der Waals surface area (Å²) in [7, 11) is 0. The number of carbonyl (C=O) groups excluding carboxylic acids is 1. The van der Waals surface area contributed by atoms with Crippen molar-refractivity contribution >= 4 is 17.4 Å². The lowest BCUT2D eigenvalue weighted by Gasteiger charge is -2.07. The maximum Gasteiger partial charge on any atom is 0.151 e. The monoisotopic (exact) mass is 264 g/mol. The number of carbonyl (C=O) groups is 1. The van der Waals surface area contributed by atoms with Crippen LogP contribution in [0.4, 0.5) is 0 Å². The van der Waals surface area contributed by atoms with Gasteiger partial charge in [0.25, 0.3) is 0 Å². The second kappa shape index (κ2) is 5.45. The summed E-state index contributed by atoms with van der Waals surface area (Å²) in [6.45, 7) is 0. The Morgan fingerprint density at radius 1 is 0.800 bits per heavy atom. The third-order valence-electron chi connectivity index (χ3n) is 3.01. The van der Waals surface area contributed by atoms with Crippen LogP contribution in [0, 0.1) is 0 Å². The minimum absolute atomic E-state index is 0.538. The predicted molar refractivity (Wildman–Crippen MR) is 75.8 cm³/mol. The summed E-state index contributed by atoms with van der Waals surface area (Å²) >= 11 is 0. The quantitative estimate of drug-likeness (QED) is 0.527. The highest BCUT2D eigenvalue weighted by molar-refractivity contribution is 6.19. The van der Waals surface area contributed by atoms with Gasteiger partial charge in [0, 0.05) is 5.57 Å². The Bertz CT molecular complexity index is 669. The molecular weight excluding hydrogens is 252 g/mol. The SMILES string of the molecule is O=CC(=C(c1ccco1)c1ccco1)c1ccccc1. The van der Waals surface area contributed by atoms with Crippen molar-refractivity contribution in [1.82, 2.24) is 0 Å². The molecule has 0 saturated carbocycles. The van der Waals surface area contributed by atoms with Crippen LogP contribution in [0.2, 0.25) is 0 Å². The van der Waals surface area contributed by atoms with Gasteiger partial charge in [-0.1, -0.05) is 30.3 Å². The zero-order valence-electron chi connectivity index (χ0n) is 10.7. The minimum atomic E-state index is 0.538. The van der Waals surface area contributed by atoms with Gasteiger partial charge in [-0.15, -0.1) is 0 Å². The number of furan rings is 2. The summed E-state index contributed by atoms with van der Waals surface area (Å²) in [6, 6.07) is 16.6. The highest BCUT2D eigenvalue weighted by atomic mass is 16.3. The van der Waals surface area contributed by atoms with Crippen molar-refractivity contribution in [3.63, 3.8) is 0 Å². The molecule has 3 nitrogen and oxygen atoms in total. The molecule has 0 N–H and O–H groups in total. The molecule has 0 amide bonds. The van der Waals surface area contributed by atoms with Crippen LogP contribution >= 0.6 is 0 Å².